The number of hydrogen-bond acceptors (Lipinski definition) is 21. The highest BCUT2D eigenvalue weighted by Crippen LogP contribution is 2.28. The third kappa shape index (κ3) is 9.37. The molecule has 278 valence electrons. The van der Waals surface area contributed by atoms with Crippen LogP contribution in [0.2, 0.25) is 0 Å². The molecule has 0 unspecified atom stereocenters. The molecule has 0 radical (unpaired) electrons. The first kappa shape index (κ1) is 37.0. The summed E-state index contributed by atoms with van der Waals surface area (Å²) in [6.45, 7) is 3.93. The molecule has 2 aromatic heterocycles. The number of nitrogens with one attached hydrogen (secondary N) is 4. The zero-order chi connectivity index (χ0) is 37.6. The minimum Gasteiger partial charge on any atom is -0.744 e. The number of nitrogens with zero attached hydrogens (tertiary/aromatic N) is 9. The van der Waals surface area contributed by atoms with E-state index in [1.165, 1.54) is 36.4 Å². The predicted molar refractivity (Wildman–Crippen MR) is 189 cm³/mol. The number of hydrogen-bond donors (Lipinski definition) is 4. The van der Waals surface area contributed by atoms with E-state index < -0.39 is 30.0 Å². The molecule has 2 saturated heterocycles. The van der Waals surface area contributed by atoms with E-state index >= 15 is 0 Å². The average Bonchev–Trinajstić information content (AvgIpc) is 3.14. The average molecular weight is 766 g/mol. The largest absolute Gasteiger partial charge is 0.744 e. The van der Waals surface area contributed by atoms with E-state index in [1.54, 1.807) is 13.2 Å². The standard InChI is InChI=1S/C30H33N13O8S2/c1-32-25-36-27(40-29(38-25)42-8-12-50-13-9-42)34-21-6-4-19(23(16-21)52(44,45)46)2-3-20-5-7-22(17-24(20)53(47,48)49)35-28-37-26(33-18-31)39-30(41-28)43-10-14-51-15-11-43/h2-7,16-17H,8-15H2,1H3,(H,44,45,46)(H,47,48,49)(H2,32,34,36,38,40)(H2,33,35,37,39,41)/p-2/b3-2+. The molecular weight excluding hydrogens is 735 g/mol. The molecule has 0 atom stereocenters. The Kier molecular flexibility index (Phi) is 11.1. The number of rotatable bonds is 12. The first-order valence-corrected chi connectivity index (χ1v) is 18.6. The maximum atomic E-state index is 12.4. The molecule has 0 spiro atoms. The molecule has 23 heteroatoms. The highest BCUT2D eigenvalue weighted by Gasteiger charge is 2.19. The summed E-state index contributed by atoms with van der Waals surface area (Å²) in [4.78, 5) is 28.2. The van der Waals surface area contributed by atoms with E-state index in [0.717, 1.165) is 12.1 Å². The van der Waals surface area contributed by atoms with Gasteiger partial charge >= 0.3 is 0 Å². The Balaban J connectivity index is 1.27. The molecule has 2 fully saturated rings. The van der Waals surface area contributed by atoms with Gasteiger partial charge in [-0.3, -0.25) is 5.32 Å². The fraction of sp³-hybridized carbons (Fsp3) is 0.300. The second-order valence-electron chi connectivity index (χ2n) is 11.2. The molecule has 4 aromatic rings. The summed E-state index contributed by atoms with van der Waals surface area (Å²) in [6.07, 6.45) is 4.13. The van der Waals surface area contributed by atoms with Crippen LogP contribution in [0.4, 0.5) is 47.1 Å². The van der Waals surface area contributed by atoms with Crippen molar-refractivity contribution in [2.75, 3.05) is 90.7 Å². The van der Waals surface area contributed by atoms with Crippen LogP contribution in [0.15, 0.2) is 46.2 Å². The third-order valence-corrected chi connectivity index (χ3v) is 9.53. The Morgan fingerprint density at radius 1 is 0.679 bits per heavy atom. The van der Waals surface area contributed by atoms with Crippen LogP contribution in [-0.2, 0) is 29.7 Å². The van der Waals surface area contributed by atoms with Gasteiger partial charge in [-0.25, -0.2) is 16.8 Å². The van der Waals surface area contributed by atoms with Gasteiger partial charge in [-0.2, -0.15) is 35.2 Å². The van der Waals surface area contributed by atoms with E-state index in [-0.39, 0.29) is 52.2 Å². The van der Waals surface area contributed by atoms with Crippen molar-refractivity contribution in [3.63, 3.8) is 0 Å². The van der Waals surface area contributed by atoms with Crippen molar-refractivity contribution in [1.82, 2.24) is 29.9 Å². The van der Waals surface area contributed by atoms with Gasteiger partial charge in [-0.15, -0.1) is 0 Å². The number of benzene rings is 2. The van der Waals surface area contributed by atoms with Crippen molar-refractivity contribution >= 4 is 79.5 Å². The molecule has 2 aromatic carbocycles. The molecule has 2 aliphatic heterocycles. The smallest absolute Gasteiger partial charge is 0.242 e. The van der Waals surface area contributed by atoms with Gasteiger partial charge in [0.1, 0.15) is 20.2 Å². The minimum atomic E-state index is -5.09. The van der Waals surface area contributed by atoms with Crippen LogP contribution in [0.1, 0.15) is 11.1 Å². The fourth-order valence-electron chi connectivity index (χ4n) is 5.24. The number of anilines is 8. The van der Waals surface area contributed by atoms with Gasteiger partial charge in [0.25, 0.3) is 0 Å². The van der Waals surface area contributed by atoms with Crippen LogP contribution in [0, 0.1) is 11.5 Å². The maximum Gasteiger partial charge on any atom is 0.242 e. The first-order valence-electron chi connectivity index (χ1n) is 15.8. The SMILES string of the molecule is CNc1nc(Nc2ccc(/C=C/c3ccc(Nc4nc(NC#N)nc(N5CCOCC5)n4)cc3S(=O)(=O)[O-])c(S(=O)(=O)[O-])c2)nc(N2CCOCC2)n1. The maximum absolute atomic E-state index is 12.4. The van der Waals surface area contributed by atoms with Gasteiger partial charge in [-0.05, 0) is 35.4 Å². The van der Waals surface area contributed by atoms with E-state index in [2.05, 4.69) is 51.2 Å². The quantitative estimate of drug-likeness (QED) is 0.0680. The lowest BCUT2D eigenvalue weighted by Gasteiger charge is -2.27. The van der Waals surface area contributed by atoms with Gasteiger partial charge in [-0.1, -0.05) is 24.3 Å². The van der Waals surface area contributed by atoms with Crippen LogP contribution < -0.4 is 31.1 Å². The Hall–Kier alpha value is -5.77. The Labute approximate surface area is 303 Å². The van der Waals surface area contributed by atoms with Crippen LogP contribution in [-0.4, -0.2) is 115 Å². The molecule has 0 saturated carbocycles. The lowest BCUT2D eigenvalue weighted by atomic mass is 10.1. The van der Waals surface area contributed by atoms with Gasteiger partial charge < -0.3 is 44.3 Å². The lowest BCUT2D eigenvalue weighted by molar-refractivity contribution is 0.122. The molecule has 0 aliphatic carbocycles. The molecule has 0 amide bonds. The van der Waals surface area contributed by atoms with Crippen molar-refractivity contribution < 1.29 is 35.4 Å². The number of ether oxygens (including phenoxy) is 2. The molecule has 0 bridgehead atoms. The summed E-state index contributed by atoms with van der Waals surface area (Å²) in [6, 6.07) is 7.67. The van der Waals surface area contributed by atoms with Crippen LogP contribution in [0.3, 0.4) is 0 Å². The summed E-state index contributed by atoms with van der Waals surface area (Å²) in [5.41, 5.74) is 0.0902. The summed E-state index contributed by atoms with van der Waals surface area (Å²) >= 11 is 0. The summed E-state index contributed by atoms with van der Waals surface area (Å²) in [7, 11) is -8.53. The van der Waals surface area contributed by atoms with Crippen LogP contribution in [0.25, 0.3) is 12.2 Å². The molecule has 53 heavy (non-hydrogen) atoms. The Morgan fingerprint density at radius 2 is 1.09 bits per heavy atom. The molecule has 6 rings (SSSR count). The topological polar surface area (TPSA) is 289 Å². The third-order valence-electron chi connectivity index (χ3n) is 7.75. The number of nitriles is 1. The highest BCUT2D eigenvalue weighted by molar-refractivity contribution is 7.86. The monoisotopic (exact) mass is 765 g/mol. The van der Waals surface area contributed by atoms with Gasteiger partial charge in [0.05, 0.1) is 36.2 Å². The lowest BCUT2D eigenvalue weighted by Crippen LogP contribution is -2.37. The van der Waals surface area contributed by atoms with Gasteiger partial charge in [0, 0.05) is 44.6 Å². The first-order chi connectivity index (χ1) is 25.4. The van der Waals surface area contributed by atoms with Gasteiger partial charge in [0.2, 0.25) is 35.7 Å². The van der Waals surface area contributed by atoms with Crippen molar-refractivity contribution in [3.8, 4) is 6.19 Å². The summed E-state index contributed by atoms with van der Waals surface area (Å²) in [5, 5.41) is 20.0. The van der Waals surface area contributed by atoms with E-state index in [4.69, 9.17) is 14.7 Å². The molecular formula is C30H31N13O8S2-2. The van der Waals surface area contributed by atoms with Crippen molar-refractivity contribution in [1.29, 1.82) is 5.26 Å². The number of morpholine rings is 2. The minimum absolute atomic E-state index is 0.0487. The zero-order valence-corrected chi connectivity index (χ0v) is 29.5. The van der Waals surface area contributed by atoms with Crippen molar-refractivity contribution in [2.45, 2.75) is 9.79 Å². The van der Waals surface area contributed by atoms with E-state index in [9.17, 15) is 25.9 Å². The zero-order valence-electron chi connectivity index (χ0n) is 27.9. The Bertz CT molecular complexity index is 2280. The van der Waals surface area contributed by atoms with Crippen molar-refractivity contribution in [2.24, 2.45) is 0 Å². The second kappa shape index (κ2) is 15.9. The normalized spacial score (nSPS) is 15.2. The molecule has 2 aliphatic rings. The Morgan fingerprint density at radius 3 is 1.51 bits per heavy atom. The molecule has 4 heterocycles. The molecule has 21 nitrogen and oxygen atoms in total. The fourth-order valence-corrected chi connectivity index (χ4v) is 6.63. The van der Waals surface area contributed by atoms with Crippen molar-refractivity contribution in [3.05, 3.63) is 47.5 Å². The summed E-state index contributed by atoms with van der Waals surface area (Å²) < 4.78 is 85.0. The van der Waals surface area contributed by atoms with Crippen LogP contribution >= 0.6 is 0 Å². The second-order valence-corrected chi connectivity index (χ2v) is 13.9. The molecule has 4 N–H and O–H groups in total. The number of aromatic nitrogens is 6. The highest BCUT2D eigenvalue weighted by atomic mass is 32.2. The van der Waals surface area contributed by atoms with E-state index in [0.29, 0.717) is 58.6 Å². The van der Waals surface area contributed by atoms with Crippen LogP contribution in [0.5, 0.6) is 0 Å². The van der Waals surface area contributed by atoms with Gasteiger partial charge in [0.15, 0.2) is 6.19 Å². The predicted octanol–water partition coefficient (Wildman–Crippen LogP) is 1.13. The van der Waals surface area contributed by atoms with E-state index in [1.807, 2.05) is 9.80 Å². The summed E-state index contributed by atoms with van der Waals surface area (Å²) in [5.74, 6) is 0.809.